The highest BCUT2D eigenvalue weighted by atomic mass is 15.3. The first-order chi connectivity index (χ1) is 12.4. The van der Waals surface area contributed by atoms with E-state index >= 15 is 0 Å². The van der Waals surface area contributed by atoms with Crippen molar-refractivity contribution in [2.45, 2.75) is 18.9 Å². The summed E-state index contributed by atoms with van der Waals surface area (Å²) in [6.07, 6.45) is 5.95. The number of hydrogen-bond acceptors (Lipinski definition) is 6. The highest BCUT2D eigenvalue weighted by Crippen LogP contribution is 2.29. The van der Waals surface area contributed by atoms with Crippen LogP contribution in [0.2, 0.25) is 0 Å². The Balaban J connectivity index is 1.28. The standard InChI is InChI=1S/C18H21N7/c1-3-14(24-7-9-25(10-8-24)15-5-6-15)4-2-13(1)23-18-16-17(20-11-19-16)21-12-22-18/h1-4,11-12,15H,5-10H2,(H2,19,20,21,22,23). The zero-order chi connectivity index (χ0) is 16.6. The van der Waals surface area contributed by atoms with Crippen molar-refractivity contribution in [2.75, 3.05) is 36.4 Å². The molecule has 3 aromatic rings. The van der Waals surface area contributed by atoms with E-state index in [4.69, 9.17) is 0 Å². The van der Waals surface area contributed by atoms with Gasteiger partial charge in [-0.2, -0.15) is 0 Å². The average Bonchev–Trinajstić information content (AvgIpc) is 3.40. The molecule has 0 amide bonds. The Morgan fingerprint density at radius 1 is 0.960 bits per heavy atom. The number of nitrogens with zero attached hydrogens (tertiary/aromatic N) is 5. The molecule has 5 rings (SSSR count). The lowest BCUT2D eigenvalue weighted by molar-refractivity contribution is 0.248. The van der Waals surface area contributed by atoms with Gasteiger partial charge in [0.05, 0.1) is 6.33 Å². The molecule has 1 aliphatic heterocycles. The summed E-state index contributed by atoms with van der Waals surface area (Å²) in [5.41, 5.74) is 3.79. The molecular formula is C18H21N7. The predicted molar refractivity (Wildman–Crippen MR) is 98.2 cm³/mol. The summed E-state index contributed by atoms with van der Waals surface area (Å²) >= 11 is 0. The van der Waals surface area contributed by atoms with Crippen molar-refractivity contribution in [1.29, 1.82) is 0 Å². The molecule has 25 heavy (non-hydrogen) atoms. The van der Waals surface area contributed by atoms with Gasteiger partial charge in [-0.15, -0.1) is 0 Å². The van der Waals surface area contributed by atoms with Crippen molar-refractivity contribution in [3.63, 3.8) is 0 Å². The van der Waals surface area contributed by atoms with Crippen LogP contribution < -0.4 is 10.2 Å². The van der Waals surface area contributed by atoms with Gasteiger partial charge >= 0.3 is 0 Å². The third kappa shape index (κ3) is 2.91. The van der Waals surface area contributed by atoms with Crippen molar-refractivity contribution < 1.29 is 0 Å². The molecule has 0 spiro atoms. The van der Waals surface area contributed by atoms with Gasteiger partial charge in [-0.25, -0.2) is 15.0 Å². The maximum absolute atomic E-state index is 4.31. The minimum Gasteiger partial charge on any atom is -0.369 e. The zero-order valence-electron chi connectivity index (χ0n) is 14.0. The van der Waals surface area contributed by atoms with Crippen LogP contribution >= 0.6 is 0 Å². The van der Waals surface area contributed by atoms with E-state index in [0.29, 0.717) is 5.65 Å². The third-order valence-corrected chi connectivity index (χ3v) is 5.10. The first kappa shape index (κ1) is 14.7. The van der Waals surface area contributed by atoms with E-state index in [0.717, 1.165) is 36.2 Å². The minimum atomic E-state index is 0.669. The Morgan fingerprint density at radius 3 is 2.52 bits per heavy atom. The third-order valence-electron chi connectivity index (χ3n) is 5.10. The van der Waals surface area contributed by atoms with Crippen LogP contribution in [0.25, 0.3) is 11.2 Å². The monoisotopic (exact) mass is 335 g/mol. The first-order valence-corrected chi connectivity index (χ1v) is 8.87. The van der Waals surface area contributed by atoms with Crippen LogP contribution in [0.4, 0.5) is 17.2 Å². The van der Waals surface area contributed by atoms with Crippen LogP contribution in [-0.2, 0) is 0 Å². The van der Waals surface area contributed by atoms with Gasteiger partial charge < -0.3 is 15.2 Å². The van der Waals surface area contributed by atoms with Gasteiger partial charge in [0.2, 0.25) is 0 Å². The maximum Gasteiger partial charge on any atom is 0.182 e. The number of piperazine rings is 1. The first-order valence-electron chi connectivity index (χ1n) is 8.87. The average molecular weight is 335 g/mol. The van der Waals surface area contributed by atoms with Crippen LogP contribution in [0.15, 0.2) is 36.9 Å². The Bertz CT molecular complexity index is 861. The van der Waals surface area contributed by atoms with Crippen molar-refractivity contribution in [1.82, 2.24) is 24.8 Å². The lowest BCUT2D eigenvalue weighted by Crippen LogP contribution is -2.47. The van der Waals surface area contributed by atoms with Crippen molar-refractivity contribution >= 4 is 28.4 Å². The summed E-state index contributed by atoms with van der Waals surface area (Å²) < 4.78 is 0. The quantitative estimate of drug-likeness (QED) is 0.763. The second kappa shape index (κ2) is 6.00. The van der Waals surface area contributed by atoms with E-state index in [1.165, 1.54) is 37.9 Å². The molecule has 128 valence electrons. The summed E-state index contributed by atoms with van der Waals surface area (Å²) in [5.74, 6) is 0.744. The minimum absolute atomic E-state index is 0.669. The number of H-pyrrole nitrogens is 1. The maximum atomic E-state index is 4.31. The second-order valence-electron chi connectivity index (χ2n) is 6.75. The lowest BCUT2D eigenvalue weighted by Gasteiger charge is -2.36. The van der Waals surface area contributed by atoms with Crippen molar-refractivity contribution in [2.24, 2.45) is 0 Å². The van der Waals surface area contributed by atoms with E-state index in [1.807, 2.05) is 0 Å². The molecule has 7 nitrogen and oxygen atoms in total. The molecule has 2 aromatic heterocycles. The predicted octanol–water partition coefficient (Wildman–Crippen LogP) is 2.38. The van der Waals surface area contributed by atoms with Gasteiger partial charge in [-0.1, -0.05) is 0 Å². The number of aromatic nitrogens is 4. The Hall–Kier alpha value is -2.67. The summed E-state index contributed by atoms with van der Waals surface area (Å²) in [5, 5.41) is 3.34. The number of aromatic amines is 1. The molecule has 3 heterocycles. The molecule has 1 aromatic carbocycles. The van der Waals surface area contributed by atoms with Crippen LogP contribution in [0, 0.1) is 0 Å². The zero-order valence-corrected chi connectivity index (χ0v) is 14.0. The van der Waals surface area contributed by atoms with Gasteiger partial charge in [0, 0.05) is 43.6 Å². The summed E-state index contributed by atoms with van der Waals surface area (Å²) in [6.45, 7) is 4.60. The topological polar surface area (TPSA) is 73.0 Å². The van der Waals surface area contributed by atoms with Crippen LogP contribution in [0.1, 0.15) is 12.8 Å². The van der Waals surface area contributed by atoms with Gasteiger partial charge in [0.15, 0.2) is 11.5 Å². The summed E-state index contributed by atoms with van der Waals surface area (Å²) in [6, 6.07) is 9.45. The Morgan fingerprint density at radius 2 is 1.76 bits per heavy atom. The SMILES string of the molecule is c1nc(Nc2ccc(N3CCN(C4CC4)CC3)cc2)c2[nH]cnc2n1. The molecule has 2 fully saturated rings. The van der Waals surface area contributed by atoms with Crippen LogP contribution in [0.3, 0.4) is 0 Å². The van der Waals surface area contributed by atoms with E-state index in [-0.39, 0.29) is 0 Å². The molecule has 2 aliphatic rings. The molecule has 7 heteroatoms. The van der Waals surface area contributed by atoms with Crippen LogP contribution in [-0.4, -0.2) is 57.1 Å². The number of fused-ring (bicyclic) bond motifs is 1. The molecule has 0 radical (unpaired) electrons. The molecule has 1 saturated heterocycles. The van der Waals surface area contributed by atoms with Gasteiger partial charge in [-0.3, -0.25) is 4.90 Å². The van der Waals surface area contributed by atoms with Crippen LogP contribution in [0.5, 0.6) is 0 Å². The molecule has 0 bridgehead atoms. The highest BCUT2D eigenvalue weighted by molar-refractivity contribution is 5.84. The number of benzene rings is 1. The molecule has 0 unspecified atom stereocenters. The molecule has 1 aliphatic carbocycles. The molecular weight excluding hydrogens is 314 g/mol. The Kier molecular flexibility index (Phi) is 3.52. The smallest absolute Gasteiger partial charge is 0.182 e. The van der Waals surface area contributed by atoms with E-state index < -0.39 is 0 Å². The molecule has 0 atom stereocenters. The summed E-state index contributed by atoms with van der Waals surface area (Å²) in [4.78, 5) is 20.8. The highest BCUT2D eigenvalue weighted by Gasteiger charge is 2.31. The van der Waals surface area contributed by atoms with Crippen molar-refractivity contribution in [3.05, 3.63) is 36.9 Å². The van der Waals surface area contributed by atoms with E-state index in [1.54, 1.807) is 6.33 Å². The van der Waals surface area contributed by atoms with Crippen molar-refractivity contribution in [3.8, 4) is 0 Å². The van der Waals surface area contributed by atoms with Gasteiger partial charge in [-0.05, 0) is 37.1 Å². The van der Waals surface area contributed by atoms with Gasteiger partial charge in [0.1, 0.15) is 11.8 Å². The number of anilines is 3. The fraction of sp³-hybridized carbons (Fsp3) is 0.389. The Labute approximate surface area is 146 Å². The molecule has 2 N–H and O–H groups in total. The van der Waals surface area contributed by atoms with E-state index in [2.05, 4.69) is 59.3 Å². The normalized spacial score (nSPS) is 18.6. The number of hydrogen-bond donors (Lipinski definition) is 2. The number of rotatable bonds is 4. The fourth-order valence-electron chi connectivity index (χ4n) is 3.54. The largest absolute Gasteiger partial charge is 0.369 e. The summed E-state index contributed by atoms with van der Waals surface area (Å²) in [7, 11) is 0. The fourth-order valence-corrected chi connectivity index (χ4v) is 3.54. The van der Waals surface area contributed by atoms with Gasteiger partial charge in [0.25, 0.3) is 0 Å². The van der Waals surface area contributed by atoms with E-state index in [9.17, 15) is 0 Å². The number of nitrogens with one attached hydrogen (secondary N) is 2. The molecule has 1 saturated carbocycles. The number of imidazole rings is 1. The second-order valence-corrected chi connectivity index (χ2v) is 6.75. The lowest BCUT2D eigenvalue weighted by atomic mass is 10.2.